The lowest BCUT2D eigenvalue weighted by atomic mass is 10.1. The van der Waals surface area contributed by atoms with E-state index < -0.39 is 11.7 Å². The Labute approximate surface area is 154 Å². The van der Waals surface area contributed by atoms with Crippen molar-refractivity contribution in [3.05, 3.63) is 83.4 Å². The smallest absolute Gasteiger partial charge is 0.266 e. The zero-order valence-electron chi connectivity index (χ0n) is 13.9. The highest BCUT2D eigenvalue weighted by Crippen LogP contribution is 2.24. The number of nitriles is 2. The van der Waals surface area contributed by atoms with Gasteiger partial charge in [-0.2, -0.15) is 10.5 Å². The molecule has 1 amide bonds. The van der Waals surface area contributed by atoms with Crippen molar-refractivity contribution in [1.82, 2.24) is 0 Å². The molecule has 3 aromatic rings. The van der Waals surface area contributed by atoms with Gasteiger partial charge in [0, 0.05) is 11.6 Å². The number of rotatable bonds is 4. The van der Waals surface area contributed by atoms with Crippen LogP contribution in [-0.4, -0.2) is 5.91 Å². The maximum Gasteiger partial charge on any atom is 0.266 e. The van der Waals surface area contributed by atoms with Crippen LogP contribution in [-0.2, 0) is 4.79 Å². The Hall–Kier alpha value is -4.16. The van der Waals surface area contributed by atoms with Gasteiger partial charge in [0.2, 0.25) is 0 Å². The van der Waals surface area contributed by atoms with Crippen LogP contribution in [0.2, 0.25) is 0 Å². The average Bonchev–Trinajstić information content (AvgIpc) is 3.15. The third-order valence-electron chi connectivity index (χ3n) is 3.68. The molecule has 130 valence electrons. The van der Waals surface area contributed by atoms with Crippen molar-refractivity contribution in [1.29, 1.82) is 10.5 Å². The van der Waals surface area contributed by atoms with Crippen molar-refractivity contribution < 1.29 is 13.6 Å². The van der Waals surface area contributed by atoms with E-state index in [0.717, 1.165) is 0 Å². The van der Waals surface area contributed by atoms with Gasteiger partial charge in [0.15, 0.2) is 0 Å². The highest BCUT2D eigenvalue weighted by molar-refractivity contribution is 6.10. The van der Waals surface area contributed by atoms with Crippen molar-refractivity contribution >= 4 is 17.7 Å². The molecular formula is C21H12FN3O2. The largest absolute Gasteiger partial charge is 0.457 e. The molecule has 5 nitrogen and oxygen atoms in total. The molecule has 0 bridgehead atoms. The lowest BCUT2D eigenvalue weighted by Crippen LogP contribution is -2.14. The van der Waals surface area contributed by atoms with E-state index in [0.29, 0.717) is 17.0 Å². The summed E-state index contributed by atoms with van der Waals surface area (Å²) in [7, 11) is 0. The van der Waals surface area contributed by atoms with Crippen LogP contribution in [0.5, 0.6) is 0 Å². The average molecular weight is 357 g/mol. The zero-order chi connectivity index (χ0) is 19.2. The van der Waals surface area contributed by atoms with E-state index in [-0.39, 0.29) is 16.9 Å². The molecule has 0 aliphatic rings. The first-order valence-corrected chi connectivity index (χ1v) is 7.89. The maximum absolute atomic E-state index is 13.3. The van der Waals surface area contributed by atoms with Crippen LogP contribution in [0.1, 0.15) is 11.3 Å². The van der Waals surface area contributed by atoms with Gasteiger partial charge in [-0.3, -0.25) is 4.79 Å². The van der Waals surface area contributed by atoms with Gasteiger partial charge in [-0.05, 0) is 36.4 Å². The second-order valence-corrected chi connectivity index (χ2v) is 5.49. The number of anilines is 1. The first-order chi connectivity index (χ1) is 13.1. The van der Waals surface area contributed by atoms with Gasteiger partial charge in [0.1, 0.15) is 35.0 Å². The normalized spacial score (nSPS) is 10.7. The monoisotopic (exact) mass is 357 g/mol. The van der Waals surface area contributed by atoms with E-state index in [1.54, 1.807) is 48.5 Å². The minimum atomic E-state index is -0.663. The molecule has 6 heteroatoms. The molecule has 27 heavy (non-hydrogen) atoms. The SMILES string of the molecule is N#C/C(=C\c1ccc(-c2cccc(F)c2)o1)C(=O)Nc1ccccc1C#N. The number of hydrogen-bond donors (Lipinski definition) is 1. The summed E-state index contributed by atoms with van der Waals surface area (Å²) in [6.45, 7) is 0. The minimum Gasteiger partial charge on any atom is -0.457 e. The quantitative estimate of drug-likeness (QED) is 0.550. The molecule has 0 unspecified atom stereocenters. The molecule has 0 spiro atoms. The number of carbonyl (C=O) groups excluding carboxylic acids is 1. The summed E-state index contributed by atoms with van der Waals surface area (Å²) in [5.74, 6) is -0.374. The van der Waals surface area contributed by atoms with E-state index in [1.807, 2.05) is 12.1 Å². The fraction of sp³-hybridized carbons (Fsp3) is 0. The summed E-state index contributed by atoms with van der Waals surface area (Å²) in [5, 5.41) is 20.9. The van der Waals surface area contributed by atoms with Crippen molar-refractivity contribution in [3.63, 3.8) is 0 Å². The predicted octanol–water partition coefficient (Wildman–Crippen LogP) is 4.50. The first kappa shape index (κ1) is 17.7. The molecule has 0 fully saturated rings. The number of amides is 1. The Bertz CT molecular complexity index is 1120. The molecule has 2 aromatic carbocycles. The predicted molar refractivity (Wildman–Crippen MR) is 97.5 cm³/mol. The molecule has 3 rings (SSSR count). The molecule has 1 heterocycles. The molecule has 0 saturated heterocycles. The highest BCUT2D eigenvalue weighted by atomic mass is 19.1. The summed E-state index contributed by atoms with van der Waals surface area (Å²) in [6, 6.07) is 19.3. The highest BCUT2D eigenvalue weighted by Gasteiger charge is 2.13. The fourth-order valence-corrected chi connectivity index (χ4v) is 2.40. The van der Waals surface area contributed by atoms with Gasteiger partial charge in [0.05, 0.1) is 11.3 Å². The zero-order valence-corrected chi connectivity index (χ0v) is 13.9. The van der Waals surface area contributed by atoms with Crippen molar-refractivity contribution in [2.24, 2.45) is 0 Å². The van der Waals surface area contributed by atoms with Crippen LogP contribution in [0, 0.1) is 28.5 Å². The summed E-state index contributed by atoms with van der Waals surface area (Å²) in [4.78, 5) is 12.3. The maximum atomic E-state index is 13.3. The van der Waals surface area contributed by atoms with Crippen LogP contribution in [0.15, 0.2) is 70.7 Å². The Morgan fingerprint density at radius 3 is 2.63 bits per heavy atom. The third-order valence-corrected chi connectivity index (χ3v) is 3.68. The van der Waals surface area contributed by atoms with E-state index in [4.69, 9.17) is 9.68 Å². The molecule has 0 saturated carbocycles. The molecule has 0 atom stereocenters. The number of nitrogens with one attached hydrogen (secondary N) is 1. The number of hydrogen-bond acceptors (Lipinski definition) is 4. The molecule has 1 aromatic heterocycles. The van der Waals surface area contributed by atoms with Gasteiger partial charge in [-0.1, -0.05) is 24.3 Å². The Morgan fingerprint density at radius 2 is 1.89 bits per heavy atom. The summed E-state index contributed by atoms with van der Waals surface area (Å²) < 4.78 is 18.9. The van der Waals surface area contributed by atoms with E-state index in [9.17, 15) is 14.4 Å². The van der Waals surface area contributed by atoms with Crippen LogP contribution >= 0.6 is 0 Å². The molecular weight excluding hydrogens is 345 g/mol. The number of furan rings is 1. The van der Waals surface area contributed by atoms with Gasteiger partial charge in [0.25, 0.3) is 5.91 Å². The van der Waals surface area contributed by atoms with Gasteiger partial charge in [-0.25, -0.2) is 4.39 Å². The van der Waals surface area contributed by atoms with Gasteiger partial charge >= 0.3 is 0 Å². The van der Waals surface area contributed by atoms with Crippen LogP contribution in [0.3, 0.4) is 0 Å². The van der Waals surface area contributed by atoms with E-state index >= 15 is 0 Å². The molecule has 0 aliphatic carbocycles. The second-order valence-electron chi connectivity index (χ2n) is 5.49. The summed E-state index contributed by atoms with van der Waals surface area (Å²) in [5.41, 5.74) is 0.948. The minimum absolute atomic E-state index is 0.192. The van der Waals surface area contributed by atoms with E-state index in [2.05, 4.69) is 5.32 Å². The first-order valence-electron chi connectivity index (χ1n) is 7.89. The lowest BCUT2D eigenvalue weighted by Gasteiger charge is -2.05. The van der Waals surface area contributed by atoms with Gasteiger partial charge in [-0.15, -0.1) is 0 Å². The number of nitrogens with zero attached hydrogens (tertiary/aromatic N) is 2. The Balaban J connectivity index is 1.84. The van der Waals surface area contributed by atoms with Crippen molar-refractivity contribution in [3.8, 4) is 23.5 Å². The van der Waals surface area contributed by atoms with Crippen LogP contribution in [0.25, 0.3) is 17.4 Å². The van der Waals surface area contributed by atoms with E-state index in [1.165, 1.54) is 18.2 Å². The number of halogens is 1. The van der Waals surface area contributed by atoms with Crippen LogP contribution < -0.4 is 5.32 Å². The summed E-state index contributed by atoms with van der Waals surface area (Å²) >= 11 is 0. The topological polar surface area (TPSA) is 89.8 Å². The molecule has 0 aliphatic heterocycles. The number of para-hydroxylation sites is 1. The van der Waals surface area contributed by atoms with Gasteiger partial charge < -0.3 is 9.73 Å². The van der Waals surface area contributed by atoms with Crippen molar-refractivity contribution in [2.45, 2.75) is 0 Å². The second kappa shape index (κ2) is 7.81. The Kier molecular flexibility index (Phi) is 5.11. The Morgan fingerprint density at radius 1 is 1.07 bits per heavy atom. The molecule has 0 radical (unpaired) electrons. The number of benzene rings is 2. The number of carbonyl (C=O) groups is 1. The fourth-order valence-electron chi connectivity index (χ4n) is 2.40. The standard InChI is InChI=1S/C21H12FN3O2/c22-17-6-3-5-14(10-17)20-9-8-18(27-20)11-16(13-24)21(26)25-19-7-2-1-4-15(19)12-23/h1-11H,(H,25,26)/b16-11+. The lowest BCUT2D eigenvalue weighted by molar-refractivity contribution is -0.112. The third kappa shape index (κ3) is 4.09. The molecule has 1 N–H and O–H groups in total. The van der Waals surface area contributed by atoms with Crippen LogP contribution in [0.4, 0.5) is 10.1 Å². The summed E-state index contributed by atoms with van der Waals surface area (Å²) in [6.07, 6.45) is 1.28. The van der Waals surface area contributed by atoms with Crippen molar-refractivity contribution in [2.75, 3.05) is 5.32 Å².